The highest BCUT2D eigenvalue weighted by atomic mass is 32.1. The van der Waals surface area contributed by atoms with Crippen LogP contribution in [0.1, 0.15) is 63.8 Å². The molecule has 0 spiro atoms. The van der Waals surface area contributed by atoms with E-state index in [2.05, 4.69) is 90.1 Å². The first-order valence-corrected chi connectivity index (χ1v) is 9.12. The fraction of sp³-hybridized carbons (Fsp3) is 0.364. The van der Waals surface area contributed by atoms with Gasteiger partial charge in [-0.15, -0.1) is 0 Å². The van der Waals surface area contributed by atoms with Gasteiger partial charge in [0, 0.05) is 0 Å². The van der Waals surface area contributed by atoms with Crippen LogP contribution in [0.5, 0.6) is 0 Å². The topological polar surface area (TPSA) is 0 Å². The highest BCUT2D eigenvalue weighted by molar-refractivity contribution is 7.77. The van der Waals surface area contributed by atoms with Crippen LogP contribution in [0.25, 0.3) is 9.81 Å². The standard InChI is InChI=1S/C22H28S2/c1-21(2,3)17-11-7-15(8-12-17)19(23)20(24)16-9-13-18(14-10-16)22(4,5)6/h7-14,23-24H,1-6H3/p-2/b20-19+. The van der Waals surface area contributed by atoms with Crippen molar-refractivity contribution in [3.8, 4) is 0 Å². The minimum atomic E-state index is 0.142. The van der Waals surface area contributed by atoms with Crippen LogP contribution in [0, 0.1) is 0 Å². The summed E-state index contributed by atoms with van der Waals surface area (Å²) in [6, 6.07) is 16.9. The molecule has 2 aromatic rings. The van der Waals surface area contributed by atoms with Crippen molar-refractivity contribution in [3.63, 3.8) is 0 Å². The van der Waals surface area contributed by atoms with Gasteiger partial charge in [0.1, 0.15) is 0 Å². The molecule has 0 N–H and O–H groups in total. The van der Waals surface area contributed by atoms with E-state index in [-0.39, 0.29) is 10.8 Å². The third-order valence-corrected chi connectivity index (χ3v) is 5.24. The molecule has 2 rings (SSSR count). The van der Waals surface area contributed by atoms with Crippen molar-refractivity contribution in [2.45, 2.75) is 52.4 Å². The van der Waals surface area contributed by atoms with Crippen LogP contribution in [0.3, 0.4) is 0 Å². The Balaban J connectivity index is 2.33. The van der Waals surface area contributed by atoms with E-state index in [4.69, 9.17) is 25.3 Å². The maximum Gasteiger partial charge on any atom is -0.0132 e. The summed E-state index contributed by atoms with van der Waals surface area (Å²) in [7, 11) is 0. The zero-order valence-corrected chi connectivity index (χ0v) is 17.1. The third-order valence-electron chi connectivity index (χ3n) is 4.23. The zero-order chi connectivity index (χ0) is 18.1. The maximum atomic E-state index is 5.63. The van der Waals surface area contributed by atoms with E-state index in [0.29, 0.717) is 0 Å². The molecule has 0 fully saturated rings. The fourth-order valence-electron chi connectivity index (χ4n) is 2.51. The van der Waals surface area contributed by atoms with Gasteiger partial charge in [-0.3, -0.25) is 0 Å². The highest BCUT2D eigenvalue weighted by Gasteiger charge is 2.13. The Bertz CT molecular complexity index is 656. The van der Waals surface area contributed by atoms with Crippen LogP contribution < -0.4 is 0 Å². The zero-order valence-electron chi connectivity index (χ0n) is 15.4. The summed E-state index contributed by atoms with van der Waals surface area (Å²) in [5, 5.41) is 0. The van der Waals surface area contributed by atoms with Gasteiger partial charge in [0.25, 0.3) is 0 Å². The fourth-order valence-corrected chi connectivity index (χ4v) is 3.01. The SMILES string of the molecule is CC(C)(C)c1ccc(/C([S-])=C(\[S-])c2ccc(C(C)(C)C)cc2)cc1. The largest absolute Gasteiger partial charge is 0.781 e. The van der Waals surface area contributed by atoms with Crippen LogP contribution in [0.2, 0.25) is 0 Å². The summed E-state index contributed by atoms with van der Waals surface area (Å²) in [4.78, 5) is 1.49. The lowest BCUT2D eigenvalue weighted by atomic mass is 9.86. The van der Waals surface area contributed by atoms with E-state index >= 15 is 0 Å². The molecule has 0 aliphatic carbocycles. The van der Waals surface area contributed by atoms with Crippen molar-refractivity contribution in [2.24, 2.45) is 0 Å². The molecule has 24 heavy (non-hydrogen) atoms. The van der Waals surface area contributed by atoms with Crippen molar-refractivity contribution in [2.75, 3.05) is 0 Å². The predicted octanol–water partition coefficient (Wildman–Crippen LogP) is 6.20. The summed E-state index contributed by atoms with van der Waals surface area (Å²) in [5.41, 5.74) is 4.92. The van der Waals surface area contributed by atoms with Gasteiger partial charge in [-0.25, -0.2) is 0 Å². The van der Waals surface area contributed by atoms with Crippen molar-refractivity contribution in [1.29, 1.82) is 0 Å². The van der Waals surface area contributed by atoms with Crippen LogP contribution in [-0.2, 0) is 36.1 Å². The summed E-state index contributed by atoms with van der Waals surface area (Å²) in [6.45, 7) is 13.3. The minimum absolute atomic E-state index is 0.142. The summed E-state index contributed by atoms with van der Waals surface area (Å²) in [5.74, 6) is 0. The second kappa shape index (κ2) is 6.85. The van der Waals surface area contributed by atoms with Crippen LogP contribution >= 0.6 is 0 Å². The lowest BCUT2D eigenvalue weighted by Crippen LogP contribution is -2.10. The first kappa shape index (κ1) is 19.0. The van der Waals surface area contributed by atoms with Crippen LogP contribution in [0.4, 0.5) is 0 Å². The molecule has 2 aromatic carbocycles. The molecule has 0 bridgehead atoms. The Morgan fingerprint density at radius 2 is 0.792 bits per heavy atom. The van der Waals surface area contributed by atoms with E-state index in [1.807, 2.05) is 0 Å². The van der Waals surface area contributed by atoms with Crippen molar-refractivity contribution in [1.82, 2.24) is 0 Å². The second-order valence-electron chi connectivity index (χ2n) is 8.31. The average Bonchev–Trinajstić information content (AvgIpc) is 2.52. The van der Waals surface area contributed by atoms with Crippen molar-refractivity contribution < 1.29 is 0 Å². The van der Waals surface area contributed by atoms with Gasteiger partial charge in [-0.05, 0) is 33.1 Å². The van der Waals surface area contributed by atoms with E-state index in [1.54, 1.807) is 0 Å². The molecule has 0 heterocycles. The van der Waals surface area contributed by atoms with Crippen LogP contribution in [-0.4, -0.2) is 0 Å². The molecule has 128 valence electrons. The van der Waals surface area contributed by atoms with E-state index in [1.165, 1.54) is 11.1 Å². The lowest BCUT2D eigenvalue weighted by molar-refractivity contribution is 0.590. The number of hydrogen-bond acceptors (Lipinski definition) is 2. The average molecular weight is 355 g/mol. The Labute approximate surface area is 158 Å². The smallest absolute Gasteiger partial charge is 0.0132 e. The Hall–Kier alpha value is -1.38. The molecular weight excluding hydrogens is 328 g/mol. The lowest BCUT2D eigenvalue weighted by Gasteiger charge is -2.28. The predicted molar refractivity (Wildman–Crippen MR) is 112 cm³/mol. The number of benzene rings is 2. The molecule has 0 atom stereocenters. The molecule has 0 radical (unpaired) electrons. The van der Waals surface area contributed by atoms with E-state index < -0.39 is 0 Å². The van der Waals surface area contributed by atoms with Crippen LogP contribution in [0.15, 0.2) is 48.5 Å². The van der Waals surface area contributed by atoms with E-state index in [0.717, 1.165) is 20.9 Å². The molecular formula is C22H26S2-2. The summed E-state index contributed by atoms with van der Waals surface area (Å²) in [6.07, 6.45) is 0. The molecule has 0 aromatic heterocycles. The van der Waals surface area contributed by atoms with Crippen molar-refractivity contribution >= 4 is 35.1 Å². The van der Waals surface area contributed by atoms with Gasteiger partial charge in [0.15, 0.2) is 0 Å². The second-order valence-corrected chi connectivity index (χ2v) is 9.13. The van der Waals surface area contributed by atoms with Gasteiger partial charge < -0.3 is 25.3 Å². The maximum absolute atomic E-state index is 5.63. The van der Waals surface area contributed by atoms with Gasteiger partial charge in [0.2, 0.25) is 0 Å². The molecule has 2 heteroatoms. The summed E-state index contributed by atoms with van der Waals surface area (Å²) < 4.78 is 0. The third kappa shape index (κ3) is 4.37. The molecule has 0 aliphatic heterocycles. The Morgan fingerprint density at radius 1 is 0.542 bits per heavy atom. The normalized spacial score (nSPS) is 13.6. The quantitative estimate of drug-likeness (QED) is 0.465. The van der Waals surface area contributed by atoms with Gasteiger partial charge in [0.05, 0.1) is 0 Å². The summed E-state index contributed by atoms with van der Waals surface area (Å²) >= 11 is 11.3. The van der Waals surface area contributed by atoms with Gasteiger partial charge in [-0.1, -0.05) is 90.1 Å². The van der Waals surface area contributed by atoms with Gasteiger partial charge >= 0.3 is 0 Å². The molecule has 0 amide bonds. The van der Waals surface area contributed by atoms with E-state index in [9.17, 15) is 0 Å². The number of rotatable bonds is 2. The molecule has 0 saturated carbocycles. The highest BCUT2D eigenvalue weighted by Crippen LogP contribution is 2.29. The van der Waals surface area contributed by atoms with Crippen molar-refractivity contribution in [3.05, 3.63) is 70.8 Å². The first-order chi connectivity index (χ1) is 11.0. The number of hydrogen-bond donors (Lipinski definition) is 0. The first-order valence-electron chi connectivity index (χ1n) is 8.30. The monoisotopic (exact) mass is 354 g/mol. The Morgan fingerprint density at radius 3 is 1.00 bits per heavy atom. The minimum Gasteiger partial charge on any atom is -0.781 e. The molecule has 0 aliphatic rings. The van der Waals surface area contributed by atoms with Gasteiger partial charge in [-0.2, -0.15) is 9.81 Å². The molecule has 0 unspecified atom stereocenters. The molecule has 0 nitrogen and oxygen atoms in total. The molecule has 0 saturated heterocycles. The Kier molecular flexibility index (Phi) is 5.41.